The van der Waals surface area contributed by atoms with Gasteiger partial charge in [0.2, 0.25) is 0 Å². The van der Waals surface area contributed by atoms with Crippen molar-refractivity contribution in [3.63, 3.8) is 0 Å². The highest BCUT2D eigenvalue weighted by atomic mass is 79.9. The average molecular weight is 383 g/mol. The van der Waals surface area contributed by atoms with Crippen LogP contribution in [0.25, 0.3) is 28.4 Å². The number of thiazole rings is 1. The Morgan fingerprint density at radius 1 is 1.09 bits per heavy atom. The molecule has 3 aromatic heterocycles. The van der Waals surface area contributed by atoms with Crippen LogP contribution in [0.1, 0.15) is 11.4 Å². The van der Waals surface area contributed by atoms with Crippen LogP contribution in [0.4, 0.5) is 0 Å². The summed E-state index contributed by atoms with van der Waals surface area (Å²) >= 11 is 5.10. The number of fused-ring (bicyclic) bond motifs is 1. The summed E-state index contributed by atoms with van der Waals surface area (Å²) in [4.78, 5) is 13.9. The van der Waals surface area contributed by atoms with Gasteiger partial charge in [0.25, 0.3) is 0 Å². The van der Waals surface area contributed by atoms with Crippen LogP contribution in [0.15, 0.2) is 58.9 Å². The van der Waals surface area contributed by atoms with E-state index in [1.807, 2.05) is 41.9 Å². The lowest BCUT2D eigenvalue weighted by molar-refractivity contribution is 1.15. The summed E-state index contributed by atoms with van der Waals surface area (Å²) in [5.74, 6) is 0. The van der Waals surface area contributed by atoms with Crippen LogP contribution in [0, 0.1) is 0 Å². The predicted octanol–water partition coefficient (Wildman–Crippen LogP) is 4.79. The van der Waals surface area contributed by atoms with Crippen LogP contribution in [0.5, 0.6) is 0 Å². The first kappa shape index (κ1) is 14.3. The van der Waals surface area contributed by atoms with E-state index in [1.165, 1.54) is 0 Å². The maximum Gasteiger partial charge on any atom is 0.194 e. The van der Waals surface area contributed by atoms with E-state index >= 15 is 0 Å². The molecule has 0 unspecified atom stereocenters. The van der Waals surface area contributed by atoms with Crippen LogP contribution < -0.4 is 0 Å². The lowest BCUT2D eigenvalue weighted by atomic mass is 10.1. The Bertz CT molecular complexity index is 971. The molecule has 0 aliphatic heterocycles. The van der Waals surface area contributed by atoms with Crippen molar-refractivity contribution in [2.24, 2.45) is 0 Å². The van der Waals surface area contributed by atoms with Gasteiger partial charge in [-0.1, -0.05) is 28.1 Å². The first-order valence-electron chi connectivity index (χ1n) is 6.97. The Balaban J connectivity index is 1.83. The molecule has 0 atom stereocenters. The molecule has 0 N–H and O–H groups in total. The minimum atomic E-state index is 0.868. The van der Waals surface area contributed by atoms with Gasteiger partial charge in [0.05, 0.1) is 17.1 Å². The summed E-state index contributed by atoms with van der Waals surface area (Å²) in [6.07, 6.45) is 9.34. The highest BCUT2D eigenvalue weighted by Crippen LogP contribution is 2.29. The average Bonchev–Trinajstić information content (AvgIpc) is 3.16. The van der Waals surface area contributed by atoms with Crippen molar-refractivity contribution >= 4 is 44.4 Å². The number of aromatic nitrogens is 4. The summed E-state index contributed by atoms with van der Waals surface area (Å²) in [6.45, 7) is 0. The van der Waals surface area contributed by atoms with E-state index in [0.29, 0.717) is 0 Å². The zero-order valence-electron chi connectivity index (χ0n) is 11.9. The number of halogens is 1. The minimum absolute atomic E-state index is 0.868. The monoisotopic (exact) mass is 382 g/mol. The van der Waals surface area contributed by atoms with Crippen molar-refractivity contribution in [1.82, 2.24) is 19.4 Å². The predicted molar refractivity (Wildman–Crippen MR) is 97.2 cm³/mol. The van der Waals surface area contributed by atoms with Crippen LogP contribution in [0.2, 0.25) is 0 Å². The molecule has 4 rings (SSSR count). The first-order valence-corrected chi connectivity index (χ1v) is 8.64. The zero-order valence-corrected chi connectivity index (χ0v) is 14.3. The van der Waals surface area contributed by atoms with Crippen molar-refractivity contribution in [3.8, 4) is 11.3 Å². The van der Waals surface area contributed by atoms with E-state index in [2.05, 4.69) is 42.4 Å². The van der Waals surface area contributed by atoms with Gasteiger partial charge in [-0.25, -0.2) is 15.0 Å². The van der Waals surface area contributed by atoms with Crippen molar-refractivity contribution in [1.29, 1.82) is 0 Å². The standard InChI is InChI=1S/C17H11BrN4S/c18-13-3-1-12(2-4-13)16-15(22-9-10-23-17(22)21-16)6-5-14-7-8-19-11-20-14/h1-11H/b6-5+. The molecule has 0 fully saturated rings. The molecule has 4 nitrogen and oxygen atoms in total. The van der Waals surface area contributed by atoms with E-state index in [1.54, 1.807) is 23.9 Å². The summed E-state index contributed by atoms with van der Waals surface area (Å²) in [5, 5.41) is 2.04. The number of nitrogens with zero attached hydrogens (tertiary/aromatic N) is 4. The molecule has 0 bridgehead atoms. The first-order chi connectivity index (χ1) is 11.3. The fourth-order valence-electron chi connectivity index (χ4n) is 2.35. The van der Waals surface area contributed by atoms with Crippen LogP contribution in [0.3, 0.4) is 0 Å². The number of rotatable bonds is 3. The Morgan fingerprint density at radius 2 is 1.96 bits per heavy atom. The van der Waals surface area contributed by atoms with Crippen LogP contribution in [-0.2, 0) is 0 Å². The molecule has 3 heterocycles. The van der Waals surface area contributed by atoms with Crippen LogP contribution in [-0.4, -0.2) is 19.4 Å². The van der Waals surface area contributed by atoms with Crippen molar-refractivity contribution < 1.29 is 0 Å². The highest BCUT2D eigenvalue weighted by molar-refractivity contribution is 9.10. The maximum atomic E-state index is 4.77. The molecule has 1 aromatic carbocycles. The van der Waals surface area contributed by atoms with Crippen molar-refractivity contribution in [2.75, 3.05) is 0 Å². The van der Waals surface area contributed by atoms with Gasteiger partial charge in [-0.15, -0.1) is 11.3 Å². The Kier molecular flexibility index (Phi) is 3.77. The largest absolute Gasteiger partial charge is 0.290 e. The third-order valence-electron chi connectivity index (χ3n) is 3.43. The van der Waals surface area contributed by atoms with E-state index in [0.717, 1.165) is 32.1 Å². The normalized spacial score (nSPS) is 11.5. The van der Waals surface area contributed by atoms with Gasteiger partial charge >= 0.3 is 0 Å². The molecule has 0 saturated heterocycles. The second kappa shape index (κ2) is 6.06. The van der Waals surface area contributed by atoms with E-state index in [9.17, 15) is 0 Å². The van der Waals surface area contributed by atoms with Gasteiger partial charge in [0.15, 0.2) is 4.96 Å². The fourth-order valence-corrected chi connectivity index (χ4v) is 3.33. The maximum absolute atomic E-state index is 4.77. The van der Waals surface area contributed by atoms with E-state index in [4.69, 9.17) is 4.98 Å². The zero-order chi connectivity index (χ0) is 15.6. The number of benzene rings is 1. The van der Waals surface area contributed by atoms with E-state index < -0.39 is 0 Å². The molecule has 0 spiro atoms. The fraction of sp³-hybridized carbons (Fsp3) is 0. The molecule has 0 radical (unpaired) electrons. The molecule has 23 heavy (non-hydrogen) atoms. The molecule has 0 saturated carbocycles. The second-order valence-corrected chi connectivity index (χ2v) is 6.66. The molecule has 4 aromatic rings. The lowest BCUT2D eigenvalue weighted by Gasteiger charge is -2.00. The molecular formula is C17H11BrN4S. The summed E-state index contributed by atoms with van der Waals surface area (Å²) in [5.41, 5.74) is 3.97. The third-order valence-corrected chi connectivity index (χ3v) is 4.72. The van der Waals surface area contributed by atoms with Gasteiger partial charge < -0.3 is 0 Å². The van der Waals surface area contributed by atoms with Gasteiger partial charge in [-0.2, -0.15) is 0 Å². The molecular weight excluding hydrogens is 372 g/mol. The topological polar surface area (TPSA) is 43.1 Å². The number of imidazole rings is 1. The third kappa shape index (κ3) is 2.83. The second-order valence-electron chi connectivity index (χ2n) is 4.88. The SMILES string of the molecule is Brc1ccc(-c2nc3sccn3c2/C=C/c2ccncn2)cc1. The Labute approximate surface area is 145 Å². The number of hydrogen-bond donors (Lipinski definition) is 0. The quantitative estimate of drug-likeness (QED) is 0.511. The number of hydrogen-bond acceptors (Lipinski definition) is 4. The minimum Gasteiger partial charge on any atom is -0.290 e. The molecule has 0 aliphatic carbocycles. The summed E-state index contributed by atoms with van der Waals surface area (Å²) in [7, 11) is 0. The summed E-state index contributed by atoms with van der Waals surface area (Å²) in [6, 6.07) is 10.1. The van der Waals surface area contributed by atoms with Crippen LogP contribution >= 0.6 is 27.3 Å². The molecule has 0 amide bonds. The lowest BCUT2D eigenvalue weighted by Crippen LogP contribution is -1.86. The Morgan fingerprint density at radius 3 is 2.74 bits per heavy atom. The van der Waals surface area contributed by atoms with Gasteiger partial charge in [0, 0.05) is 27.8 Å². The van der Waals surface area contributed by atoms with Gasteiger partial charge in [-0.05, 0) is 30.4 Å². The van der Waals surface area contributed by atoms with E-state index in [-0.39, 0.29) is 0 Å². The summed E-state index contributed by atoms with van der Waals surface area (Å²) < 4.78 is 3.15. The smallest absolute Gasteiger partial charge is 0.194 e. The molecule has 112 valence electrons. The van der Waals surface area contributed by atoms with Crippen molar-refractivity contribution in [3.05, 3.63) is 70.3 Å². The molecule has 6 heteroatoms. The van der Waals surface area contributed by atoms with Gasteiger partial charge in [-0.3, -0.25) is 4.40 Å². The molecule has 0 aliphatic rings. The highest BCUT2D eigenvalue weighted by Gasteiger charge is 2.12. The van der Waals surface area contributed by atoms with Crippen molar-refractivity contribution in [2.45, 2.75) is 0 Å². The van der Waals surface area contributed by atoms with Gasteiger partial charge in [0.1, 0.15) is 6.33 Å². The Hall–Kier alpha value is -2.31.